The maximum atomic E-state index is 13.5. The number of para-hydroxylation sites is 1. The van der Waals surface area contributed by atoms with Crippen molar-refractivity contribution < 1.29 is 26.8 Å². The van der Waals surface area contributed by atoms with Crippen molar-refractivity contribution in [3.63, 3.8) is 0 Å². The van der Waals surface area contributed by atoms with E-state index in [0.29, 0.717) is 0 Å². The molecule has 1 aromatic heterocycles. The molecule has 0 saturated heterocycles. The van der Waals surface area contributed by atoms with Gasteiger partial charge in [0.05, 0.1) is 4.90 Å². The van der Waals surface area contributed by atoms with E-state index in [9.17, 15) is 17.6 Å². The van der Waals surface area contributed by atoms with Gasteiger partial charge in [0.2, 0.25) is 20.7 Å². The number of furan rings is 1. The largest absolute Gasteiger partial charge is 0.437 e. The quantitative estimate of drug-likeness (QED) is 0.534. The maximum absolute atomic E-state index is 13.5. The van der Waals surface area contributed by atoms with Crippen LogP contribution in [0.5, 0.6) is 5.75 Å². The molecule has 1 heterocycles. The zero-order valence-corrected chi connectivity index (χ0v) is 13.0. The van der Waals surface area contributed by atoms with Gasteiger partial charge in [-0.2, -0.15) is 0 Å². The van der Waals surface area contributed by atoms with Crippen molar-refractivity contribution in [3.8, 4) is 5.75 Å². The van der Waals surface area contributed by atoms with Crippen LogP contribution in [0.25, 0.3) is 0 Å². The number of halogens is 1. The second-order valence-electron chi connectivity index (χ2n) is 4.76. The summed E-state index contributed by atoms with van der Waals surface area (Å²) in [6, 6.07) is 15.3. The number of carbonyl (C=O) groups excluding carboxylic acids is 1. The predicted octanol–water partition coefficient (Wildman–Crippen LogP) is 3.47. The Bertz CT molecular complexity index is 977. The van der Waals surface area contributed by atoms with Crippen molar-refractivity contribution in [3.05, 3.63) is 78.3 Å². The van der Waals surface area contributed by atoms with Crippen molar-refractivity contribution in [2.75, 3.05) is 0 Å². The second-order valence-corrected chi connectivity index (χ2v) is 6.64. The molecule has 0 saturated carbocycles. The summed E-state index contributed by atoms with van der Waals surface area (Å²) in [5.74, 6) is -2.32. The lowest BCUT2D eigenvalue weighted by Crippen LogP contribution is -2.08. The Morgan fingerprint density at radius 2 is 1.58 bits per heavy atom. The van der Waals surface area contributed by atoms with Crippen LogP contribution in [0.15, 0.2) is 81.1 Å². The molecule has 3 aromatic rings. The van der Waals surface area contributed by atoms with Crippen LogP contribution in [0.2, 0.25) is 0 Å². The zero-order chi connectivity index (χ0) is 17.2. The van der Waals surface area contributed by atoms with Crippen molar-refractivity contribution in [1.29, 1.82) is 0 Å². The smallest absolute Gasteiger partial charge is 0.379 e. The lowest BCUT2D eigenvalue weighted by atomic mass is 10.3. The molecular formula is C17H11FO5S. The molecule has 0 unspecified atom stereocenters. The van der Waals surface area contributed by atoms with Crippen LogP contribution < -0.4 is 4.74 Å². The van der Waals surface area contributed by atoms with Gasteiger partial charge < -0.3 is 9.15 Å². The summed E-state index contributed by atoms with van der Waals surface area (Å²) in [5, 5.41) is -0.394. The third kappa shape index (κ3) is 3.07. The lowest BCUT2D eigenvalue weighted by molar-refractivity contribution is 0.0688. The van der Waals surface area contributed by atoms with E-state index in [2.05, 4.69) is 0 Å². The second kappa shape index (κ2) is 6.29. The van der Waals surface area contributed by atoms with E-state index in [1.165, 1.54) is 36.4 Å². The third-order valence-corrected chi connectivity index (χ3v) is 4.78. The van der Waals surface area contributed by atoms with Gasteiger partial charge in [0.25, 0.3) is 0 Å². The predicted molar refractivity (Wildman–Crippen MR) is 82.0 cm³/mol. The highest BCUT2D eigenvalue weighted by Gasteiger charge is 2.24. The van der Waals surface area contributed by atoms with E-state index in [-0.39, 0.29) is 16.4 Å². The number of hydrogen-bond acceptors (Lipinski definition) is 5. The zero-order valence-electron chi connectivity index (χ0n) is 12.2. The highest BCUT2D eigenvalue weighted by Crippen LogP contribution is 2.24. The van der Waals surface area contributed by atoms with Crippen molar-refractivity contribution in [2.45, 2.75) is 9.99 Å². The Labute approximate surface area is 137 Å². The van der Waals surface area contributed by atoms with Crippen LogP contribution in [0.1, 0.15) is 10.6 Å². The Morgan fingerprint density at radius 1 is 0.917 bits per heavy atom. The van der Waals surface area contributed by atoms with Crippen molar-refractivity contribution in [1.82, 2.24) is 0 Å². The summed E-state index contributed by atoms with van der Waals surface area (Å²) in [5.41, 5.74) is 0. The molecule has 0 aliphatic heterocycles. The van der Waals surface area contributed by atoms with Crippen LogP contribution in [0, 0.1) is 5.82 Å². The SMILES string of the molecule is O=C(Oc1ccccc1F)c1ccc(S(=O)(=O)c2ccccc2)o1. The van der Waals surface area contributed by atoms with Gasteiger partial charge in [0, 0.05) is 0 Å². The minimum Gasteiger partial charge on any atom is -0.437 e. The molecule has 0 aliphatic carbocycles. The first kappa shape index (κ1) is 15.9. The average molecular weight is 346 g/mol. The first-order valence-electron chi connectivity index (χ1n) is 6.85. The number of sulfone groups is 1. The molecule has 3 rings (SSSR count). The summed E-state index contributed by atoms with van der Waals surface area (Å²) in [4.78, 5) is 12.0. The summed E-state index contributed by atoms with van der Waals surface area (Å²) >= 11 is 0. The maximum Gasteiger partial charge on any atom is 0.379 e. The number of ether oxygens (including phenoxy) is 1. The van der Waals surface area contributed by atoms with Crippen molar-refractivity contribution in [2.24, 2.45) is 0 Å². The fourth-order valence-electron chi connectivity index (χ4n) is 1.97. The van der Waals surface area contributed by atoms with Crippen LogP contribution in [-0.4, -0.2) is 14.4 Å². The molecule has 7 heteroatoms. The molecule has 0 radical (unpaired) electrons. The Kier molecular flexibility index (Phi) is 4.18. The molecule has 5 nitrogen and oxygen atoms in total. The summed E-state index contributed by atoms with van der Waals surface area (Å²) in [6.07, 6.45) is 0. The highest BCUT2D eigenvalue weighted by atomic mass is 32.2. The van der Waals surface area contributed by atoms with E-state index in [0.717, 1.165) is 12.1 Å². The van der Waals surface area contributed by atoms with Gasteiger partial charge >= 0.3 is 5.97 Å². The van der Waals surface area contributed by atoms with Crippen LogP contribution in [-0.2, 0) is 9.84 Å². The molecule has 122 valence electrons. The van der Waals surface area contributed by atoms with Gasteiger partial charge in [-0.1, -0.05) is 30.3 Å². The molecule has 0 N–H and O–H groups in total. The van der Waals surface area contributed by atoms with Gasteiger partial charge in [-0.25, -0.2) is 17.6 Å². The fraction of sp³-hybridized carbons (Fsp3) is 0. The van der Waals surface area contributed by atoms with Gasteiger partial charge in [-0.15, -0.1) is 0 Å². The van der Waals surface area contributed by atoms with E-state index in [1.807, 2.05) is 0 Å². The molecule has 0 aliphatic rings. The molecule has 2 aromatic carbocycles. The number of hydrogen-bond donors (Lipinski definition) is 0. The van der Waals surface area contributed by atoms with Crippen molar-refractivity contribution >= 4 is 15.8 Å². The fourth-order valence-corrected chi connectivity index (χ4v) is 3.16. The number of esters is 1. The van der Waals surface area contributed by atoms with E-state index >= 15 is 0 Å². The van der Waals surface area contributed by atoms with Crippen LogP contribution in [0.3, 0.4) is 0 Å². The molecule has 24 heavy (non-hydrogen) atoms. The topological polar surface area (TPSA) is 73.6 Å². The average Bonchev–Trinajstić information content (AvgIpc) is 3.09. The summed E-state index contributed by atoms with van der Waals surface area (Å²) < 4.78 is 48.2. The molecule has 0 amide bonds. The molecule has 0 bridgehead atoms. The molecule has 0 spiro atoms. The van der Waals surface area contributed by atoms with Crippen LogP contribution >= 0.6 is 0 Å². The Morgan fingerprint density at radius 3 is 2.29 bits per heavy atom. The van der Waals surface area contributed by atoms with Gasteiger partial charge in [-0.05, 0) is 36.4 Å². The summed E-state index contributed by atoms with van der Waals surface area (Å²) in [6.45, 7) is 0. The van der Waals surface area contributed by atoms with E-state index in [1.54, 1.807) is 18.2 Å². The Balaban J connectivity index is 1.86. The van der Waals surface area contributed by atoms with Crippen LogP contribution in [0.4, 0.5) is 4.39 Å². The monoisotopic (exact) mass is 346 g/mol. The van der Waals surface area contributed by atoms with Gasteiger partial charge in [0.15, 0.2) is 11.6 Å². The minimum absolute atomic E-state index is 0.0355. The number of rotatable bonds is 4. The van der Waals surface area contributed by atoms with E-state index in [4.69, 9.17) is 9.15 Å². The Hall–Kier alpha value is -2.93. The normalized spacial score (nSPS) is 11.2. The number of carbonyl (C=O) groups is 1. The van der Waals surface area contributed by atoms with E-state index < -0.39 is 26.7 Å². The molecular weight excluding hydrogens is 335 g/mol. The standard InChI is InChI=1S/C17H11FO5S/c18-13-8-4-5-9-14(13)23-17(19)15-10-11-16(22-15)24(20,21)12-6-2-1-3-7-12/h1-11H. The minimum atomic E-state index is -3.88. The summed E-state index contributed by atoms with van der Waals surface area (Å²) in [7, 11) is -3.88. The first-order valence-corrected chi connectivity index (χ1v) is 8.33. The molecule has 0 fully saturated rings. The lowest BCUT2D eigenvalue weighted by Gasteiger charge is -2.03. The van der Waals surface area contributed by atoms with Gasteiger partial charge in [0.1, 0.15) is 0 Å². The highest BCUT2D eigenvalue weighted by molar-refractivity contribution is 7.91. The third-order valence-electron chi connectivity index (χ3n) is 3.14. The first-order chi connectivity index (χ1) is 11.5. The molecule has 0 atom stereocenters. The van der Waals surface area contributed by atoms with Gasteiger partial charge in [-0.3, -0.25) is 0 Å². The number of benzene rings is 2.